The Morgan fingerprint density at radius 2 is 1.90 bits per heavy atom. The molecule has 0 aliphatic carbocycles. The van der Waals surface area contributed by atoms with Gasteiger partial charge in [0.25, 0.3) is 11.8 Å². The largest absolute Gasteiger partial charge is 0.357 e. The summed E-state index contributed by atoms with van der Waals surface area (Å²) in [7, 11) is 1.53. The normalized spacial score (nSPS) is 15.4. The summed E-state index contributed by atoms with van der Waals surface area (Å²) in [6.45, 7) is 0.279. The second kappa shape index (κ2) is 9.64. The fourth-order valence-electron chi connectivity index (χ4n) is 3.30. The predicted octanol–water partition coefficient (Wildman–Crippen LogP) is 0.801. The van der Waals surface area contributed by atoms with Crippen molar-refractivity contribution in [2.75, 3.05) is 25.5 Å². The topological polar surface area (TPSA) is 121 Å². The highest BCUT2D eigenvalue weighted by Crippen LogP contribution is 2.17. The van der Waals surface area contributed by atoms with E-state index in [1.807, 2.05) is 0 Å². The van der Waals surface area contributed by atoms with Gasteiger partial charge in [-0.3, -0.25) is 24.2 Å². The standard InChI is InChI=1S/C21H23N5O4/c1-22-21(30)17-8-4-10-26(17)18(27)13-24-19(28)14-5-2-7-16(11-14)25-20(29)15-6-3-9-23-12-15/h2-3,5-7,9,11-12,17H,4,8,10,13H2,1H3,(H,22,30)(H,24,28)(H,25,29). The Labute approximate surface area is 173 Å². The Hall–Kier alpha value is -3.75. The van der Waals surface area contributed by atoms with E-state index in [0.717, 1.165) is 6.42 Å². The van der Waals surface area contributed by atoms with Gasteiger partial charge < -0.3 is 20.9 Å². The Balaban J connectivity index is 1.58. The van der Waals surface area contributed by atoms with E-state index >= 15 is 0 Å². The van der Waals surface area contributed by atoms with E-state index in [0.29, 0.717) is 29.8 Å². The maximum Gasteiger partial charge on any atom is 0.257 e. The number of hydrogen-bond donors (Lipinski definition) is 3. The predicted molar refractivity (Wildman–Crippen MR) is 110 cm³/mol. The highest BCUT2D eigenvalue weighted by molar-refractivity contribution is 6.05. The minimum atomic E-state index is -0.495. The van der Waals surface area contributed by atoms with Crippen LogP contribution in [-0.2, 0) is 9.59 Å². The second-order valence-electron chi connectivity index (χ2n) is 6.82. The average molecular weight is 409 g/mol. The summed E-state index contributed by atoms with van der Waals surface area (Å²) in [5, 5.41) is 7.85. The number of anilines is 1. The molecule has 0 spiro atoms. The maximum absolute atomic E-state index is 12.5. The SMILES string of the molecule is CNC(=O)C1CCCN1C(=O)CNC(=O)c1cccc(NC(=O)c2cccnc2)c1. The Morgan fingerprint density at radius 1 is 1.10 bits per heavy atom. The zero-order valence-corrected chi connectivity index (χ0v) is 16.6. The molecule has 1 aromatic carbocycles. The van der Waals surface area contributed by atoms with Crippen molar-refractivity contribution in [2.45, 2.75) is 18.9 Å². The molecule has 1 aliphatic rings. The monoisotopic (exact) mass is 409 g/mol. The van der Waals surface area contributed by atoms with Crippen molar-refractivity contribution in [3.8, 4) is 0 Å². The van der Waals surface area contributed by atoms with Crippen LogP contribution in [0.3, 0.4) is 0 Å². The molecular weight excluding hydrogens is 386 g/mol. The van der Waals surface area contributed by atoms with Crippen molar-refractivity contribution in [1.82, 2.24) is 20.5 Å². The smallest absolute Gasteiger partial charge is 0.257 e. The lowest BCUT2D eigenvalue weighted by molar-refractivity contribution is -0.137. The third-order valence-electron chi connectivity index (χ3n) is 4.83. The van der Waals surface area contributed by atoms with Crippen LogP contribution in [0.25, 0.3) is 0 Å². The van der Waals surface area contributed by atoms with Crippen molar-refractivity contribution in [3.63, 3.8) is 0 Å². The van der Waals surface area contributed by atoms with E-state index in [1.165, 1.54) is 24.2 Å². The van der Waals surface area contributed by atoms with Gasteiger partial charge in [-0.1, -0.05) is 6.07 Å². The molecule has 1 saturated heterocycles. The van der Waals surface area contributed by atoms with E-state index in [-0.39, 0.29) is 24.3 Å². The van der Waals surface area contributed by atoms with Crippen LogP contribution in [0.1, 0.15) is 33.6 Å². The van der Waals surface area contributed by atoms with Crippen LogP contribution in [0.15, 0.2) is 48.8 Å². The number of carbonyl (C=O) groups is 4. The summed E-state index contributed by atoms with van der Waals surface area (Å²) >= 11 is 0. The molecule has 2 heterocycles. The third kappa shape index (κ3) is 4.99. The first-order valence-electron chi connectivity index (χ1n) is 9.60. The Morgan fingerprint density at radius 3 is 2.63 bits per heavy atom. The molecule has 9 heteroatoms. The van der Waals surface area contributed by atoms with Crippen molar-refractivity contribution in [3.05, 3.63) is 59.9 Å². The van der Waals surface area contributed by atoms with Crippen LogP contribution >= 0.6 is 0 Å². The molecule has 30 heavy (non-hydrogen) atoms. The van der Waals surface area contributed by atoms with E-state index < -0.39 is 11.9 Å². The minimum Gasteiger partial charge on any atom is -0.357 e. The minimum absolute atomic E-state index is 0.204. The van der Waals surface area contributed by atoms with Crippen molar-refractivity contribution < 1.29 is 19.2 Å². The number of nitrogens with zero attached hydrogens (tertiary/aromatic N) is 2. The van der Waals surface area contributed by atoms with Crippen LogP contribution in [0.2, 0.25) is 0 Å². The van der Waals surface area contributed by atoms with E-state index in [9.17, 15) is 19.2 Å². The molecular formula is C21H23N5O4. The highest BCUT2D eigenvalue weighted by Gasteiger charge is 2.33. The van der Waals surface area contributed by atoms with Gasteiger partial charge in [0.1, 0.15) is 6.04 Å². The summed E-state index contributed by atoms with van der Waals surface area (Å²) < 4.78 is 0. The van der Waals surface area contributed by atoms with Crippen molar-refractivity contribution in [2.24, 2.45) is 0 Å². The fraction of sp³-hybridized carbons (Fsp3) is 0.286. The van der Waals surface area contributed by atoms with E-state index in [4.69, 9.17) is 0 Å². The summed E-state index contributed by atoms with van der Waals surface area (Å²) in [5.41, 5.74) is 1.15. The van der Waals surface area contributed by atoms with Crippen LogP contribution in [0, 0.1) is 0 Å². The van der Waals surface area contributed by atoms with Crippen molar-refractivity contribution in [1.29, 1.82) is 0 Å². The molecule has 1 atom stereocenters. The summed E-state index contributed by atoms with van der Waals surface area (Å²) in [5.74, 6) is -1.30. The number of likely N-dealkylation sites (tertiary alicyclic amines) is 1. The number of amides is 4. The van der Waals surface area contributed by atoms with Crippen LogP contribution in [-0.4, -0.2) is 59.7 Å². The number of benzene rings is 1. The molecule has 0 radical (unpaired) electrons. The molecule has 0 bridgehead atoms. The molecule has 0 saturated carbocycles. The molecule has 1 unspecified atom stereocenters. The van der Waals surface area contributed by atoms with E-state index in [1.54, 1.807) is 36.5 Å². The van der Waals surface area contributed by atoms with E-state index in [2.05, 4.69) is 20.9 Å². The first-order chi connectivity index (χ1) is 14.5. The number of hydrogen-bond acceptors (Lipinski definition) is 5. The number of pyridine rings is 1. The number of carbonyl (C=O) groups excluding carboxylic acids is 4. The van der Waals surface area contributed by atoms with Gasteiger partial charge in [-0.05, 0) is 43.2 Å². The Bertz CT molecular complexity index is 947. The molecule has 156 valence electrons. The van der Waals surface area contributed by atoms with Crippen LogP contribution in [0.5, 0.6) is 0 Å². The summed E-state index contributed by atoms with van der Waals surface area (Å²) in [6.07, 6.45) is 4.37. The molecule has 2 aromatic rings. The van der Waals surface area contributed by atoms with Gasteiger partial charge in [0.15, 0.2) is 0 Å². The third-order valence-corrected chi connectivity index (χ3v) is 4.83. The lowest BCUT2D eigenvalue weighted by Gasteiger charge is -2.23. The quantitative estimate of drug-likeness (QED) is 0.652. The fourth-order valence-corrected chi connectivity index (χ4v) is 3.30. The maximum atomic E-state index is 12.5. The molecule has 4 amide bonds. The number of likely N-dealkylation sites (N-methyl/N-ethyl adjacent to an activating group) is 1. The molecule has 3 N–H and O–H groups in total. The lowest BCUT2D eigenvalue weighted by Crippen LogP contribution is -2.48. The molecule has 1 fully saturated rings. The van der Waals surface area contributed by atoms with Gasteiger partial charge in [-0.25, -0.2) is 0 Å². The zero-order valence-electron chi connectivity index (χ0n) is 16.6. The molecule has 1 aromatic heterocycles. The van der Waals surface area contributed by atoms with Gasteiger partial charge in [-0.2, -0.15) is 0 Å². The molecule has 1 aliphatic heterocycles. The van der Waals surface area contributed by atoms with Gasteiger partial charge >= 0.3 is 0 Å². The number of nitrogens with one attached hydrogen (secondary N) is 3. The number of aromatic nitrogens is 1. The molecule has 3 rings (SSSR count). The van der Waals surface area contributed by atoms with Crippen molar-refractivity contribution >= 4 is 29.3 Å². The van der Waals surface area contributed by atoms with Crippen LogP contribution in [0.4, 0.5) is 5.69 Å². The second-order valence-corrected chi connectivity index (χ2v) is 6.82. The first kappa shape index (κ1) is 21.0. The lowest BCUT2D eigenvalue weighted by atomic mass is 10.1. The molecule has 9 nitrogen and oxygen atoms in total. The van der Waals surface area contributed by atoms with Gasteiger partial charge in [-0.15, -0.1) is 0 Å². The highest BCUT2D eigenvalue weighted by atomic mass is 16.2. The van der Waals surface area contributed by atoms with Gasteiger partial charge in [0, 0.05) is 37.2 Å². The Kier molecular flexibility index (Phi) is 6.74. The summed E-state index contributed by atoms with van der Waals surface area (Å²) in [6, 6.07) is 9.21. The average Bonchev–Trinajstić information content (AvgIpc) is 3.27. The van der Waals surface area contributed by atoms with Gasteiger partial charge in [0.05, 0.1) is 12.1 Å². The van der Waals surface area contributed by atoms with Crippen LogP contribution < -0.4 is 16.0 Å². The number of rotatable bonds is 6. The van der Waals surface area contributed by atoms with Gasteiger partial charge in [0.2, 0.25) is 11.8 Å². The summed E-state index contributed by atoms with van der Waals surface area (Å²) in [4.78, 5) is 54.4. The zero-order chi connectivity index (χ0) is 21.5. The first-order valence-corrected chi connectivity index (χ1v) is 9.60.